The van der Waals surface area contributed by atoms with E-state index >= 15 is 0 Å². The third kappa shape index (κ3) is 4.02. The molecule has 0 aromatic carbocycles. The van der Waals surface area contributed by atoms with E-state index in [4.69, 9.17) is 5.73 Å². The topological polar surface area (TPSA) is 63.8 Å². The highest BCUT2D eigenvalue weighted by molar-refractivity contribution is 7.15. The summed E-state index contributed by atoms with van der Waals surface area (Å²) in [6, 6.07) is 0. The number of rotatable bonds is 6. The smallest absolute Gasteiger partial charge is 0.205 e. The summed E-state index contributed by atoms with van der Waals surface area (Å²) in [5, 5.41) is 13.4. The first-order valence-corrected chi connectivity index (χ1v) is 5.80. The van der Waals surface area contributed by atoms with Crippen LogP contribution in [0.2, 0.25) is 0 Å². The maximum absolute atomic E-state index is 5.39. The zero-order valence-electron chi connectivity index (χ0n) is 8.79. The molecule has 80 valence electrons. The van der Waals surface area contributed by atoms with Gasteiger partial charge in [-0.2, -0.15) is 0 Å². The lowest BCUT2D eigenvalue weighted by Crippen LogP contribution is -2.08. The van der Waals surface area contributed by atoms with Gasteiger partial charge in [0.05, 0.1) is 0 Å². The third-order valence-corrected chi connectivity index (χ3v) is 2.61. The van der Waals surface area contributed by atoms with E-state index in [1.165, 1.54) is 0 Å². The summed E-state index contributed by atoms with van der Waals surface area (Å²) in [6.07, 6.45) is 1.98. The average Bonchev–Trinajstić information content (AvgIpc) is 2.52. The van der Waals surface area contributed by atoms with Gasteiger partial charge in [-0.1, -0.05) is 25.2 Å². The van der Waals surface area contributed by atoms with Crippen molar-refractivity contribution in [3.63, 3.8) is 0 Å². The van der Waals surface area contributed by atoms with Crippen LogP contribution in [0.3, 0.4) is 0 Å². The molecule has 1 rings (SSSR count). The molecule has 0 spiro atoms. The van der Waals surface area contributed by atoms with E-state index in [2.05, 4.69) is 29.4 Å². The van der Waals surface area contributed by atoms with Crippen molar-refractivity contribution in [3.05, 3.63) is 5.01 Å². The molecule has 0 saturated carbocycles. The van der Waals surface area contributed by atoms with E-state index < -0.39 is 0 Å². The van der Waals surface area contributed by atoms with Gasteiger partial charge >= 0.3 is 0 Å². The second-order valence-corrected chi connectivity index (χ2v) is 4.73. The molecule has 0 amide bonds. The van der Waals surface area contributed by atoms with Gasteiger partial charge in [0.1, 0.15) is 5.01 Å². The third-order valence-electron chi connectivity index (χ3n) is 1.71. The molecule has 0 unspecified atom stereocenters. The van der Waals surface area contributed by atoms with Crippen LogP contribution in [0.5, 0.6) is 0 Å². The maximum Gasteiger partial charge on any atom is 0.205 e. The van der Waals surface area contributed by atoms with Crippen LogP contribution in [-0.4, -0.2) is 23.3 Å². The molecule has 0 aliphatic carbocycles. The molecule has 0 saturated heterocycles. The van der Waals surface area contributed by atoms with Gasteiger partial charge in [0, 0.05) is 13.0 Å². The van der Waals surface area contributed by atoms with Crippen LogP contribution in [0.25, 0.3) is 0 Å². The molecule has 1 aromatic rings. The minimum absolute atomic E-state index is 0.639. The largest absolute Gasteiger partial charge is 0.360 e. The highest BCUT2D eigenvalue weighted by atomic mass is 32.1. The quantitative estimate of drug-likeness (QED) is 0.704. The maximum atomic E-state index is 5.39. The molecule has 1 aromatic heterocycles. The van der Waals surface area contributed by atoms with E-state index in [0.29, 0.717) is 12.5 Å². The molecule has 3 N–H and O–H groups in total. The van der Waals surface area contributed by atoms with Crippen LogP contribution >= 0.6 is 11.3 Å². The fourth-order valence-corrected chi connectivity index (χ4v) is 2.03. The molecule has 1 heterocycles. The Hall–Kier alpha value is -0.680. The zero-order valence-corrected chi connectivity index (χ0v) is 9.60. The Morgan fingerprint density at radius 3 is 2.86 bits per heavy atom. The van der Waals surface area contributed by atoms with Crippen LogP contribution in [0.1, 0.15) is 25.3 Å². The lowest BCUT2D eigenvalue weighted by Gasteiger charge is -1.98. The summed E-state index contributed by atoms with van der Waals surface area (Å²) in [5.74, 6) is 0.639. The molecule has 0 bridgehead atoms. The Bertz CT molecular complexity index is 259. The van der Waals surface area contributed by atoms with E-state index in [9.17, 15) is 0 Å². The molecule has 0 fully saturated rings. The van der Waals surface area contributed by atoms with E-state index in [-0.39, 0.29) is 0 Å². The Kier molecular flexibility index (Phi) is 4.82. The normalized spacial score (nSPS) is 10.9. The number of hydrogen-bond donors (Lipinski definition) is 2. The van der Waals surface area contributed by atoms with E-state index in [1.807, 2.05) is 0 Å². The monoisotopic (exact) mass is 214 g/mol. The van der Waals surface area contributed by atoms with Crippen molar-refractivity contribution in [3.8, 4) is 0 Å². The molecular formula is C9H18N4S. The Labute approximate surface area is 88.9 Å². The number of nitrogens with two attached hydrogens (primary N) is 1. The second kappa shape index (κ2) is 5.93. The van der Waals surface area contributed by atoms with Gasteiger partial charge in [-0.25, -0.2) is 0 Å². The van der Waals surface area contributed by atoms with Gasteiger partial charge in [-0.15, -0.1) is 10.2 Å². The SMILES string of the molecule is CC(C)Cc1nnc(NCCCN)s1. The number of anilines is 1. The summed E-state index contributed by atoms with van der Waals surface area (Å²) in [6.45, 7) is 5.96. The minimum Gasteiger partial charge on any atom is -0.360 e. The number of hydrogen-bond acceptors (Lipinski definition) is 5. The number of nitrogens with zero attached hydrogens (tertiary/aromatic N) is 2. The van der Waals surface area contributed by atoms with Crippen molar-refractivity contribution in [2.24, 2.45) is 11.7 Å². The Morgan fingerprint density at radius 1 is 1.43 bits per heavy atom. The molecule has 5 heteroatoms. The van der Waals surface area contributed by atoms with Crippen molar-refractivity contribution in [1.29, 1.82) is 0 Å². The molecule has 0 aliphatic rings. The second-order valence-electron chi connectivity index (χ2n) is 3.67. The van der Waals surface area contributed by atoms with Crippen LogP contribution in [0.4, 0.5) is 5.13 Å². The van der Waals surface area contributed by atoms with Gasteiger partial charge in [-0.05, 0) is 18.9 Å². The van der Waals surface area contributed by atoms with Crippen LogP contribution in [-0.2, 0) is 6.42 Å². The lowest BCUT2D eigenvalue weighted by atomic mass is 10.1. The fraction of sp³-hybridized carbons (Fsp3) is 0.778. The Balaban J connectivity index is 2.35. The summed E-state index contributed by atoms with van der Waals surface area (Å²) < 4.78 is 0. The van der Waals surface area contributed by atoms with Crippen molar-refractivity contribution in [2.75, 3.05) is 18.4 Å². The lowest BCUT2D eigenvalue weighted by molar-refractivity contribution is 0.640. The first-order valence-electron chi connectivity index (χ1n) is 4.98. The number of aromatic nitrogens is 2. The number of nitrogens with one attached hydrogen (secondary N) is 1. The van der Waals surface area contributed by atoms with Crippen LogP contribution in [0.15, 0.2) is 0 Å². The van der Waals surface area contributed by atoms with Gasteiger partial charge in [0.2, 0.25) is 5.13 Å². The minimum atomic E-state index is 0.639. The molecule has 0 aliphatic heterocycles. The molecular weight excluding hydrogens is 196 g/mol. The van der Waals surface area contributed by atoms with E-state index in [1.54, 1.807) is 11.3 Å². The summed E-state index contributed by atoms with van der Waals surface area (Å²) >= 11 is 1.64. The molecule has 0 atom stereocenters. The average molecular weight is 214 g/mol. The Morgan fingerprint density at radius 2 is 2.21 bits per heavy atom. The van der Waals surface area contributed by atoms with Crippen molar-refractivity contribution in [2.45, 2.75) is 26.7 Å². The highest BCUT2D eigenvalue weighted by Crippen LogP contribution is 2.17. The summed E-state index contributed by atoms with van der Waals surface area (Å²) in [4.78, 5) is 0. The fourth-order valence-electron chi connectivity index (χ4n) is 1.05. The molecule has 0 radical (unpaired) electrons. The van der Waals surface area contributed by atoms with Gasteiger partial charge in [0.25, 0.3) is 0 Å². The first-order chi connectivity index (χ1) is 6.72. The first kappa shape index (κ1) is 11.4. The zero-order chi connectivity index (χ0) is 10.4. The van der Waals surface area contributed by atoms with Crippen LogP contribution < -0.4 is 11.1 Å². The summed E-state index contributed by atoms with van der Waals surface area (Å²) in [5.41, 5.74) is 5.39. The van der Waals surface area contributed by atoms with Gasteiger partial charge < -0.3 is 11.1 Å². The standard InChI is InChI=1S/C9H18N4S/c1-7(2)6-8-12-13-9(14-8)11-5-3-4-10/h7H,3-6,10H2,1-2H3,(H,11,13). The molecule has 14 heavy (non-hydrogen) atoms. The van der Waals surface area contributed by atoms with Gasteiger partial charge in [0.15, 0.2) is 0 Å². The van der Waals surface area contributed by atoms with Gasteiger partial charge in [-0.3, -0.25) is 0 Å². The van der Waals surface area contributed by atoms with Crippen LogP contribution in [0, 0.1) is 5.92 Å². The molecule has 4 nitrogen and oxygen atoms in total. The predicted molar refractivity (Wildman–Crippen MR) is 60.6 cm³/mol. The highest BCUT2D eigenvalue weighted by Gasteiger charge is 2.04. The van der Waals surface area contributed by atoms with Crippen molar-refractivity contribution < 1.29 is 0 Å². The van der Waals surface area contributed by atoms with Crippen molar-refractivity contribution >= 4 is 16.5 Å². The summed E-state index contributed by atoms with van der Waals surface area (Å²) in [7, 11) is 0. The van der Waals surface area contributed by atoms with Crippen molar-refractivity contribution in [1.82, 2.24) is 10.2 Å². The van der Waals surface area contributed by atoms with E-state index in [0.717, 1.165) is 29.5 Å². The predicted octanol–water partition coefficient (Wildman–Crippen LogP) is 1.50.